The molecule has 310 valence electrons. The van der Waals surface area contributed by atoms with Crippen LogP contribution >= 0.6 is 7.82 Å². The van der Waals surface area contributed by atoms with Gasteiger partial charge >= 0.3 is 19.9 Å². The summed E-state index contributed by atoms with van der Waals surface area (Å²) in [5.41, 5.74) is 12.8. The molecule has 0 aliphatic heterocycles. The third-order valence-corrected chi connectivity index (χ3v) is 12.8. The lowest BCUT2D eigenvalue weighted by Crippen LogP contribution is -2.45. The molecule has 2 amide bonds. The van der Waals surface area contributed by atoms with Gasteiger partial charge in [0.1, 0.15) is 29.8 Å². The molecule has 0 heterocycles. The third-order valence-electron chi connectivity index (χ3n) is 11.3. The van der Waals surface area contributed by atoms with Crippen molar-refractivity contribution < 1.29 is 56.6 Å². The molecule has 0 radical (unpaired) electrons. The van der Waals surface area contributed by atoms with Crippen molar-refractivity contribution in [2.45, 2.75) is 97.0 Å². The molecule has 6 N–H and O–H groups in total. The van der Waals surface area contributed by atoms with E-state index in [2.05, 4.69) is 18.3 Å². The lowest BCUT2D eigenvalue weighted by Gasteiger charge is -2.50. The topological polar surface area (TPSA) is 217 Å². The monoisotopic (exact) mass is 803 g/mol. The average molecular weight is 804 g/mol. The van der Waals surface area contributed by atoms with E-state index in [0.29, 0.717) is 36.7 Å². The average Bonchev–Trinajstić information content (AvgIpc) is 3.49. The molecule has 3 aliphatic rings. The van der Waals surface area contributed by atoms with Crippen LogP contribution in [-0.4, -0.2) is 75.4 Å². The second-order valence-corrected chi connectivity index (χ2v) is 16.6. The zero-order valence-electron chi connectivity index (χ0n) is 32.8. The number of unbranched alkanes of at least 4 members (excludes halogenated alkanes) is 2. The molecule has 5 unspecified atom stereocenters. The first-order valence-corrected chi connectivity index (χ1v) is 21.3. The number of rotatable bonds is 21. The first kappa shape index (κ1) is 43.2. The van der Waals surface area contributed by atoms with Gasteiger partial charge in [0.25, 0.3) is 5.91 Å². The molecule has 3 aliphatic carbocycles. The van der Waals surface area contributed by atoms with Gasteiger partial charge < -0.3 is 45.4 Å². The van der Waals surface area contributed by atoms with E-state index in [1.807, 2.05) is 26.0 Å². The number of carbonyl (C=O) groups is 3. The van der Waals surface area contributed by atoms with Crippen molar-refractivity contribution in [2.24, 2.45) is 23.0 Å². The predicted octanol–water partition coefficient (Wildman–Crippen LogP) is 6.78. The van der Waals surface area contributed by atoms with Crippen LogP contribution in [0.15, 0.2) is 30.3 Å². The second-order valence-electron chi connectivity index (χ2n) is 15.0. The van der Waals surface area contributed by atoms with E-state index in [0.717, 1.165) is 64.2 Å². The van der Waals surface area contributed by atoms with Crippen molar-refractivity contribution in [2.75, 3.05) is 51.9 Å². The molecular weight excluding hydrogens is 745 g/mol. The summed E-state index contributed by atoms with van der Waals surface area (Å²) in [4.78, 5) is 36.6. The standard InChI is InChI=1S/C40H58N3O12P/c1-4-6-19-51-56(48,52-20-7-5-2)55-27-9-11-28-26(24-27)8-10-30-29(28)16-17-40(3)31(30)12-15-34(40)54-35(44)25-50-23-22-49-21-18-43-39(47)53-33-14-13-32(41)37(45)36(33)38(42)46/h9,11,13-14,24,29-31,34,45H,4-8,10,12,15-23,25,41H2,1-3H3,(H2,42,46)(H,43,47). The van der Waals surface area contributed by atoms with E-state index in [1.165, 1.54) is 23.3 Å². The van der Waals surface area contributed by atoms with Crippen LogP contribution in [0.1, 0.15) is 106 Å². The number of phenols is 1. The van der Waals surface area contributed by atoms with Gasteiger partial charge in [-0.15, -0.1) is 0 Å². The number of fused-ring (bicyclic) bond motifs is 5. The SMILES string of the molecule is CCCCOP(=O)(OCCCC)Oc1ccc2c(c1)CCC1C2CCC2(C)C(OC(=O)COCCOCCNC(=O)Oc3ccc(N)c(O)c3C(N)=O)CCC12. The number of phosphoric acid groups is 1. The Morgan fingerprint density at radius 2 is 1.68 bits per heavy atom. The van der Waals surface area contributed by atoms with Crippen molar-refractivity contribution in [3.05, 3.63) is 47.0 Å². The highest BCUT2D eigenvalue weighted by Crippen LogP contribution is 2.62. The van der Waals surface area contributed by atoms with Crippen LogP contribution in [0, 0.1) is 17.3 Å². The number of aromatic hydroxyl groups is 1. The number of hydrogen-bond donors (Lipinski definition) is 4. The molecule has 5 rings (SSSR count). The Morgan fingerprint density at radius 1 is 0.946 bits per heavy atom. The first-order chi connectivity index (χ1) is 26.9. The molecule has 0 spiro atoms. The molecule has 56 heavy (non-hydrogen) atoms. The van der Waals surface area contributed by atoms with Gasteiger partial charge in [-0.2, -0.15) is 0 Å². The van der Waals surface area contributed by atoms with Gasteiger partial charge in [-0.1, -0.05) is 39.7 Å². The Morgan fingerprint density at radius 3 is 2.39 bits per heavy atom. The smallest absolute Gasteiger partial charge is 0.505 e. The highest BCUT2D eigenvalue weighted by atomic mass is 31.2. The molecular formula is C40H58N3O12P. The van der Waals surface area contributed by atoms with Crippen LogP contribution in [0.2, 0.25) is 0 Å². The first-order valence-electron chi connectivity index (χ1n) is 19.8. The number of carbonyl (C=O) groups excluding carboxylic acids is 3. The molecule has 2 fully saturated rings. The maximum absolute atomic E-state index is 13.5. The van der Waals surface area contributed by atoms with E-state index in [4.69, 9.17) is 44.0 Å². The molecule has 16 heteroatoms. The fourth-order valence-corrected chi connectivity index (χ4v) is 9.72. The van der Waals surface area contributed by atoms with Crippen LogP contribution in [-0.2, 0) is 39.0 Å². The summed E-state index contributed by atoms with van der Waals surface area (Å²) in [5, 5.41) is 12.4. The van der Waals surface area contributed by atoms with E-state index in [9.17, 15) is 24.1 Å². The van der Waals surface area contributed by atoms with Crippen LogP contribution in [0.4, 0.5) is 10.5 Å². The number of aryl methyl sites for hydroxylation is 1. The highest BCUT2D eigenvalue weighted by molar-refractivity contribution is 7.48. The Bertz CT molecular complexity index is 1710. The maximum Gasteiger partial charge on any atom is 0.530 e. The van der Waals surface area contributed by atoms with Crippen molar-refractivity contribution >= 4 is 31.5 Å². The molecule has 15 nitrogen and oxygen atoms in total. The zero-order valence-corrected chi connectivity index (χ0v) is 33.7. The lowest BCUT2D eigenvalue weighted by molar-refractivity contribution is -0.163. The second kappa shape index (κ2) is 20.0. The summed E-state index contributed by atoms with van der Waals surface area (Å²) < 4.78 is 52.8. The largest absolute Gasteiger partial charge is 0.530 e. The van der Waals surface area contributed by atoms with Gasteiger partial charge in [0, 0.05) is 12.0 Å². The number of primary amides is 1. The number of amides is 2. The summed E-state index contributed by atoms with van der Waals surface area (Å²) in [6.45, 7) is 7.38. The van der Waals surface area contributed by atoms with Gasteiger partial charge in [0.15, 0.2) is 5.75 Å². The van der Waals surface area contributed by atoms with Crippen molar-refractivity contribution in [1.82, 2.24) is 5.32 Å². The number of hydrogen-bond acceptors (Lipinski definition) is 13. The van der Waals surface area contributed by atoms with Crippen molar-refractivity contribution in [1.29, 1.82) is 0 Å². The zero-order chi connectivity index (χ0) is 40.3. The number of nitrogen functional groups attached to an aromatic ring is 1. The molecule has 0 aromatic heterocycles. The number of esters is 1. The van der Waals surface area contributed by atoms with Crippen LogP contribution in [0.5, 0.6) is 17.2 Å². The maximum atomic E-state index is 13.5. The number of ether oxygens (including phenoxy) is 4. The van der Waals surface area contributed by atoms with Crippen LogP contribution in [0.3, 0.4) is 0 Å². The number of benzene rings is 2. The van der Waals surface area contributed by atoms with Crippen molar-refractivity contribution in [3.8, 4) is 17.2 Å². The van der Waals surface area contributed by atoms with E-state index >= 15 is 0 Å². The number of anilines is 1. The summed E-state index contributed by atoms with van der Waals surface area (Å²) in [6.07, 6.45) is 8.03. The van der Waals surface area contributed by atoms with Gasteiger partial charge in [0.2, 0.25) is 0 Å². The summed E-state index contributed by atoms with van der Waals surface area (Å²) in [7, 11) is -3.73. The minimum absolute atomic E-state index is 0.0812. The third kappa shape index (κ3) is 10.7. The Kier molecular flexibility index (Phi) is 15.4. The van der Waals surface area contributed by atoms with Gasteiger partial charge in [-0.3, -0.25) is 13.8 Å². The van der Waals surface area contributed by atoms with Crippen LogP contribution in [0.25, 0.3) is 0 Å². The Labute approximate surface area is 329 Å². The Balaban J connectivity index is 1.02. The van der Waals surface area contributed by atoms with E-state index in [1.54, 1.807) is 0 Å². The molecule has 2 saturated carbocycles. The molecule has 0 saturated heterocycles. The predicted molar refractivity (Wildman–Crippen MR) is 208 cm³/mol. The number of nitrogens with two attached hydrogens (primary N) is 2. The van der Waals surface area contributed by atoms with Gasteiger partial charge in [-0.05, 0) is 105 Å². The summed E-state index contributed by atoms with van der Waals surface area (Å²) in [6, 6.07) is 8.57. The lowest BCUT2D eigenvalue weighted by atomic mass is 9.55. The summed E-state index contributed by atoms with van der Waals surface area (Å²) >= 11 is 0. The minimum atomic E-state index is -3.73. The fourth-order valence-electron chi connectivity index (χ4n) is 8.46. The van der Waals surface area contributed by atoms with Crippen LogP contribution < -0.4 is 26.0 Å². The van der Waals surface area contributed by atoms with E-state index < -0.39 is 37.1 Å². The normalized spacial score (nSPS) is 22.7. The summed E-state index contributed by atoms with van der Waals surface area (Å²) in [5.74, 6) is -0.351. The van der Waals surface area contributed by atoms with Gasteiger partial charge in [0.05, 0.1) is 38.7 Å². The molecule has 2 aromatic rings. The Hall–Kier alpha value is -3.88. The molecule has 0 bridgehead atoms. The van der Waals surface area contributed by atoms with Crippen molar-refractivity contribution in [3.63, 3.8) is 0 Å². The fraction of sp³-hybridized carbons (Fsp3) is 0.625. The number of nitrogens with one attached hydrogen (secondary N) is 1. The van der Waals surface area contributed by atoms with E-state index in [-0.39, 0.29) is 55.9 Å². The minimum Gasteiger partial charge on any atom is -0.505 e. The van der Waals surface area contributed by atoms with Gasteiger partial charge in [-0.25, -0.2) is 14.2 Å². The molecule has 2 aromatic carbocycles. The number of phosphoric ester groups is 1. The highest BCUT2D eigenvalue weighted by Gasteiger charge is 2.56. The molecule has 5 atom stereocenters. The quantitative estimate of drug-likeness (QED) is 0.0337.